The van der Waals surface area contributed by atoms with Gasteiger partial charge in [0, 0.05) is 45.0 Å². The summed E-state index contributed by atoms with van der Waals surface area (Å²) in [5, 5.41) is 8.07. The topological polar surface area (TPSA) is 6.48 Å². The van der Waals surface area contributed by atoms with E-state index in [2.05, 4.69) is 354 Å². The number of benzene rings is 14. The summed E-state index contributed by atoms with van der Waals surface area (Å²) in [4.78, 5) is 5.07. The lowest BCUT2D eigenvalue weighted by molar-refractivity contribution is 0.660. The minimum Gasteiger partial charge on any atom is -0.310 e. The summed E-state index contributed by atoms with van der Waals surface area (Å²) >= 11 is 0. The molecule has 0 aromatic heterocycles. The molecule has 0 atom stereocenters. The van der Waals surface area contributed by atoms with E-state index in [0.29, 0.717) is 0 Å². The van der Waals surface area contributed by atoms with Gasteiger partial charge in [0.05, 0.1) is 0 Å². The normalized spacial score (nSPS) is 14.1. The smallest absolute Gasteiger partial charge is 0.113 e. The quantitative estimate of drug-likeness (QED) is 0.0995. The van der Waals surface area contributed by atoms with E-state index in [1.165, 1.54) is 132 Å². The molecule has 0 fully saturated rings. The number of hydrogen-bond donors (Lipinski definition) is 0. The zero-order valence-corrected chi connectivity index (χ0v) is 53.3. The van der Waals surface area contributed by atoms with Crippen LogP contribution in [0, 0.1) is 0 Å². The van der Waals surface area contributed by atoms with Crippen LogP contribution < -0.4 is 20.2 Å². The molecule has 0 unspecified atom stereocenters. The van der Waals surface area contributed by atoms with Crippen molar-refractivity contribution in [3.8, 4) is 77.9 Å². The Kier molecular flexibility index (Phi) is 12.4. The van der Waals surface area contributed by atoms with Gasteiger partial charge in [-0.3, -0.25) is 0 Å². The van der Waals surface area contributed by atoms with Crippen LogP contribution in [0.2, 0.25) is 13.1 Å². The molecule has 14 aromatic rings. The number of rotatable bonds is 10. The highest BCUT2D eigenvalue weighted by Crippen LogP contribution is 2.54. The Balaban J connectivity index is 0.849. The summed E-state index contributed by atoms with van der Waals surface area (Å²) in [6.45, 7) is 14.7. The van der Waals surface area contributed by atoms with Crippen molar-refractivity contribution in [1.82, 2.24) is 0 Å². The molecule has 0 amide bonds. The Hall–Kier alpha value is -10.6. The van der Waals surface area contributed by atoms with Gasteiger partial charge in [0.2, 0.25) is 0 Å². The summed E-state index contributed by atoms with van der Waals surface area (Å²) in [5.41, 5.74) is 29.3. The first-order valence-corrected chi connectivity index (χ1v) is 35.1. The van der Waals surface area contributed by atoms with Crippen LogP contribution in [0.3, 0.4) is 0 Å². The molecule has 1 heterocycles. The van der Waals surface area contributed by atoms with Crippen molar-refractivity contribution in [1.29, 1.82) is 0 Å². The Morgan fingerprint density at radius 3 is 1.09 bits per heavy atom. The molecule has 0 radical (unpaired) electrons. The minimum atomic E-state index is -2.44. The van der Waals surface area contributed by atoms with E-state index in [0.717, 1.165) is 34.1 Å². The molecule has 434 valence electrons. The lowest BCUT2D eigenvalue weighted by Crippen LogP contribution is -2.56. The molecule has 2 nitrogen and oxygen atoms in total. The largest absolute Gasteiger partial charge is 0.310 e. The van der Waals surface area contributed by atoms with E-state index < -0.39 is 8.07 Å². The molecular weight excluding hydrogens is 1110 g/mol. The van der Waals surface area contributed by atoms with E-state index >= 15 is 0 Å². The number of hydrogen-bond acceptors (Lipinski definition) is 2. The number of nitrogens with zero attached hydrogens (tertiary/aromatic N) is 2. The molecule has 0 bridgehead atoms. The molecule has 17 rings (SSSR count). The van der Waals surface area contributed by atoms with Gasteiger partial charge in [-0.05, 0) is 223 Å². The predicted molar refractivity (Wildman–Crippen MR) is 390 cm³/mol. The van der Waals surface area contributed by atoms with Crippen LogP contribution in [0.5, 0.6) is 0 Å². The summed E-state index contributed by atoms with van der Waals surface area (Å²) in [7, 11) is -2.44. The third-order valence-electron chi connectivity index (χ3n) is 20.5. The Morgan fingerprint density at radius 2 is 0.626 bits per heavy atom. The van der Waals surface area contributed by atoms with Gasteiger partial charge in [-0.15, -0.1) is 0 Å². The average Bonchev–Trinajstić information content (AvgIpc) is 1.34. The Bertz CT molecular complexity index is 5140. The standard InChI is InChI=1S/C88H68N2Si/c1-87(2)80-35-21-19-32-72(80)74-43-40-67(54-82(74)87)89(70-48-62(57-24-11-7-12-25-57)46-63(49-70)58-26-13-8-14-27-58)66-39-38-61-52-79-76-45-42-69(56-85(76)91(5,6)84-37-23-34-77(86(79)84)78(61)53-66)90(68-41-44-75-73-33-20-22-36-81(73)88(3,4)83(75)55-68)71-50-64(59-28-15-9-16-29-59)47-65(51-71)60-30-17-10-18-31-60/h7-56H,1-6H3. The summed E-state index contributed by atoms with van der Waals surface area (Å²) < 4.78 is 0. The molecule has 0 N–H and O–H groups in total. The van der Waals surface area contributed by atoms with Crippen molar-refractivity contribution < 1.29 is 0 Å². The molecule has 91 heavy (non-hydrogen) atoms. The van der Waals surface area contributed by atoms with E-state index in [9.17, 15) is 0 Å². The maximum Gasteiger partial charge on any atom is 0.113 e. The maximum atomic E-state index is 2.58. The Morgan fingerprint density at radius 1 is 0.242 bits per heavy atom. The second kappa shape index (κ2) is 20.7. The number of fused-ring (bicyclic) bond motifs is 10. The zero-order valence-electron chi connectivity index (χ0n) is 52.3. The van der Waals surface area contributed by atoms with Crippen LogP contribution in [0.1, 0.15) is 49.9 Å². The summed E-state index contributed by atoms with van der Waals surface area (Å²) in [6.07, 6.45) is 0. The van der Waals surface area contributed by atoms with Gasteiger partial charge < -0.3 is 9.80 Å². The van der Waals surface area contributed by atoms with Crippen LogP contribution in [0.4, 0.5) is 34.1 Å². The van der Waals surface area contributed by atoms with Gasteiger partial charge in [-0.25, -0.2) is 0 Å². The first-order valence-electron chi connectivity index (χ1n) is 32.1. The van der Waals surface area contributed by atoms with Crippen LogP contribution >= 0.6 is 0 Å². The average molecular weight is 1180 g/mol. The van der Waals surface area contributed by atoms with E-state index in [1.54, 1.807) is 0 Å². The van der Waals surface area contributed by atoms with E-state index in [-0.39, 0.29) is 10.8 Å². The first kappa shape index (κ1) is 54.6. The molecule has 1 aliphatic heterocycles. The highest BCUT2D eigenvalue weighted by atomic mass is 28.3. The first-order chi connectivity index (χ1) is 44.4. The van der Waals surface area contributed by atoms with E-state index in [4.69, 9.17) is 0 Å². The van der Waals surface area contributed by atoms with Crippen molar-refractivity contribution in [2.75, 3.05) is 9.80 Å². The SMILES string of the molecule is CC1(C)c2ccccc2-c2ccc(N(c3cc(-c4ccccc4)cc(-c4ccccc4)c3)c3ccc4c(c3)[Si](C)(C)c3cccc5c3c-4cc3ccc(N(c4cc(-c6ccccc6)cc(-c6ccccc6)c4)c4ccc6c(c4)C(C)(C)c4ccccc4-6)cc35)cc21. The van der Waals surface area contributed by atoms with Crippen molar-refractivity contribution in [3.63, 3.8) is 0 Å². The number of anilines is 6. The highest BCUT2D eigenvalue weighted by molar-refractivity contribution is 7.03. The van der Waals surface area contributed by atoms with Gasteiger partial charge in [0.25, 0.3) is 0 Å². The molecule has 0 spiro atoms. The van der Waals surface area contributed by atoms with Gasteiger partial charge in [-0.1, -0.05) is 253 Å². The fourth-order valence-electron chi connectivity index (χ4n) is 15.9. The van der Waals surface area contributed by atoms with Crippen molar-refractivity contribution in [2.45, 2.75) is 51.6 Å². The molecule has 0 saturated carbocycles. The fourth-order valence-corrected chi connectivity index (χ4v) is 19.0. The Labute approximate surface area is 535 Å². The van der Waals surface area contributed by atoms with Gasteiger partial charge >= 0.3 is 0 Å². The summed E-state index contributed by atoms with van der Waals surface area (Å²) in [5.74, 6) is 0. The van der Waals surface area contributed by atoms with Gasteiger partial charge in [-0.2, -0.15) is 0 Å². The third kappa shape index (κ3) is 8.74. The summed E-state index contributed by atoms with van der Waals surface area (Å²) in [6, 6.07) is 115. The lowest BCUT2D eigenvalue weighted by Gasteiger charge is -2.36. The van der Waals surface area contributed by atoms with Crippen LogP contribution in [-0.2, 0) is 10.8 Å². The molecule has 3 heteroatoms. The maximum absolute atomic E-state index is 2.58. The van der Waals surface area contributed by atoms with Crippen molar-refractivity contribution >= 4 is 74.1 Å². The van der Waals surface area contributed by atoms with E-state index in [1.807, 2.05) is 0 Å². The van der Waals surface area contributed by atoms with Crippen LogP contribution in [-0.4, -0.2) is 8.07 Å². The zero-order chi connectivity index (χ0) is 61.3. The van der Waals surface area contributed by atoms with Crippen molar-refractivity contribution in [2.24, 2.45) is 0 Å². The second-order valence-corrected chi connectivity index (χ2v) is 31.2. The molecule has 14 aromatic carbocycles. The highest BCUT2D eigenvalue weighted by Gasteiger charge is 2.40. The molecule has 0 saturated heterocycles. The predicted octanol–water partition coefficient (Wildman–Crippen LogP) is 23.0. The molecule has 3 aliphatic rings. The second-order valence-electron chi connectivity index (χ2n) is 26.9. The van der Waals surface area contributed by atoms with Crippen LogP contribution in [0.25, 0.3) is 99.4 Å². The third-order valence-corrected chi connectivity index (χ3v) is 24.1. The van der Waals surface area contributed by atoms with Crippen molar-refractivity contribution in [3.05, 3.63) is 326 Å². The fraction of sp³-hybridized carbons (Fsp3) is 0.0909. The molecule has 2 aliphatic carbocycles. The lowest BCUT2D eigenvalue weighted by atomic mass is 9.82. The van der Waals surface area contributed by atoms with Gasteiger partial charge in [0.1, 0.15) is 8.07 Å². The minimum absolute atomic E-state index is 0.172. The monoisotopic (exact) mass is 1180 g/mol. The van der Waals surface area contributed by atoms with Gasteiger partial charge in [0.15, 0.2) is 0 Å². The van der Waals surface area contributed by atoms with Crippen LogP contribution in [0.15, 0.2) is 303 Å². The molecular formula is C88H68N2Si.